The van der Waals surface area contributed by atoms with E-state index in [0.29, 0.717) is 18.6 Å². The summed E-state index contributed by atoms with van der Waals surface area (Å²) in [7, 11) is 1.64. The molecule has 1 aliphatic heterocycles. The Balaban J connectivity index is 0.00000102. The van der Waals surface area contributed by atoms with Gasteiger partial charge in [0.1, 0.15) is 23.9 Å². The van der Waals surface area contributed by atoms with Gasteiger partial charge in [-0.05, 0) is 96.2 Å². The summed E-state index contributed by atoms with van der Waals surface area (Å²) >= 11 is 0. The molecular formula is C36H52N4O5. The fourth-order valence-corrected chi connectivity index (χ4v) is 4.88. The number of piperidine rings is 1. The van der Waals surface area contributed by atoms with Crippen LogP contribution < -0.4 is 19.7 Å². The number of aromatic nitrogens is 2. The normalized spacial score (nSPS) is 14.3. The van der Waals surface area contributed by atoms with Crippen molar-refractivity contribution in [3.8, 4) is 22.6 Å². The van der Waals surface area contributed by atoms with Crippen LogP contribution in [0.4, 0.5) is 11.5 Å². The summed E-state index contributed by atoms with van der Waals surface area (Å²) in [6, 6.07) is 11.6. The number of aliphatic hydroxyl groups is 1. The van der Waals surface area contributed by atoms with Crippen LogP contribution in [0.25, 0.3) is 11.1 Å². The number of pyridine rings is 2. The predicted molar refractivity (Wildman–Crippen MR) is 181 cm³/mol. The van der Waals surface area contributed by atoms with Crippen LogP contribution in [0.2, 0.25) is 0 Å². The molecule has 1 fully saturated rings. The molecule has 0 spiro atoms. The first-order chi connectivity index (χ1) is 21.1. The zero-order valence-corrected chi connectivity index (χ0v) is 28.6. The Morgan fingerprint density at radius 3 is 2.20 bits per heavy atom. The van der Waals surface area contributed by atoms with Crippen molar-refractivity contribution in [1.29, 1.82) is 0 Å². The van der Waals surface area contributed by atoms with E-state index in [-0.39, 0.29) is 18.5 Å². The minimum atomic E-state index is -0.500. The third-order valence-corrected chi connectivity index (χ3v) is 7.30. The zero-order chi connectivity index (χ0) is 33.2. The van der Waals surface area contributed by atoms with Crippen molar-refractivity contribution >= 4 is 17.5 Å². The van der Waals surface area contributed by atoms with E-state index in [1.54, 1.807) is 27.9 Å². The molecule has 2 N–H and O–H groups in total. The van der Waals surface area contributed by atoms with Crippen molar-refractivity contribution in [3.05, 3.63) is 60.0 Å². The zero-order valence-electron chi connectivity index (χ0n) is 28.6. The van der Waals surface area contributed by atoms with Crippen LogP contribution in [0.1, 0.15) is 72.6 Å². The lowest BCUT2D eigenvalue weighted by atomic mass is 9.82. The van der Waals surface area contributed by atoms with Crippen LogP contribution in [0, 0.1) is 12.3 Å². The summed E-state index contributed by atoms with van der Waals surface area (Å²) in [6.07, 6.45) is 5.99. The molecule has 3 aromatic rings. The maximum Gasteiger partial charge on any atom is 0.310 e. The number of benzene rings is 1. The van der Waals surface area contributed by atoms with Gasteiger partial charge in [0.2, 0.25) is 0 Å². The molecule has 246 valence electrons. The van der Waals surface area contributed by atoms with Crippen LogP contribution in [-0.2, 0) is 16.0 Å². The first kappa shape index (κ1) is 35.6. The molecule has 1 aromatic carbocycles. The SMILES string of the molecule is CC(C)(C)O.COc1ccc(OCCNc2ccc(-c3cnc(C)c(CC(=O)OC(C)C)c3N3CCC(C)(C)CC3)cn2)cc1. The van der Waals surface area contributed by atoms with E-state index in [1.165, 1.54) is 0 Å². The minimum absolute atomic E-state index is 0.158. The highest BCUT2D eigenvalue weighted by molar-refractivity contribution is 5.85. The molecule has 0 radical (unpaired) electrons. The van der Waals surface area contributed by atoms with Gasteiger partial charge in [0.15, 0.2) is 0 Å². The number of hydrogen-bond acceptors (Lipinski definition) is 9. The summed E-state index contributed by atoms with van der Waals surface area (Å²) in [6.45, 7) is 18.6. The first-order valence-electron chi connectivity index (χ1n) is 15.8. The third-order valence-electron chi connectivity index (χ3n) is 7.30. The van der Waals surface area contributed by atoms with Crippen molar-refractivity contribution in [2.45, 2.75) is 86.4 Å². The Hall–Kier alpha value is -3.85. The fraction of sp³-hybridized carbons (Fsp3) is 0.528. The van der Waals surface area contributed by atoms with Gasteiger partial charge >= 0.3 is 5.97 Å². The quantitative estimate of drug-likeness (QED) is 0.176. The number of carbonyl (C=O) groups excluding carboxylic acids is 1. The molecule has 1 aliphatic rings. The monoisotopic (exact) mass is 620 g/mol. The number of rotatable bonds is 11. The Kier molecular flexibility index (Phi) is 12.6. The lowest BCUT2D eigenvalue weighted by Gasteiger charge is -2.40. The van der Waals surface area contributed by atoms with E-state index in [9.17, 15) is 4.79 Å². The molecular weight excluding hydrogens is 568 g/mol. The van der Waals surface area contributed by atoms with E-state index < -0.39 is 5.60 Å². The number of anilines is 2. The van der Waals surface area contributed by atoms with Crippen LogP contribution >= 0.6 is 0 Å². The van der Waals surface area contributed by atoms with Crippen LogP contribution in [-0.4, -0.2) is 66.1 Å². The van der Waals surface area contributed by atoms with Crippen molar-refractivity contribution in [2.75, 3.05) is 43.6 Å². The molecule has 9 nitrogen and oxygen atoms in total. The lowest BCUT2D eigenvalue weighted by Crippen LogP contribution is -2.38. The second-order valence-corrected chi connectivity index (χ2v) is 13.5. The third kappa shape index (κ3) is 11.9. The number of carbonyl (C=O) groups is 1. The molecule has 0 unspecified atom stereocenters. The molecule has 9 heteroatoms. The van der Waals surface area contributed by atoms with Gasteiger partial charge in [-0.25, -0.2) is 4.98 Å². The number of nitrogens with zero attached hydrogens (tertiary/aromatic N) is 3. The average molecular weight is 621 g/mol. The van der Waals surface area contributed by atoms with Gasteiger partial charge in [0.05, 0.1) is 37.5 Å². The summed E-state index contributed by atoms with van der Waals surface area (Å²) in [5.74, 6) is 2.13. The van der Waals surface area contributed by atoms with Gasteiger partial charge in [-0.15, -0.1) is 0 Å². The lowest BCUT2D eigenvalue weighted by molar-refractivity contribution is -0.146. The Morgan fingerprint density at radius 1 is 1.02 bits per heavy atom. The van der Waals surface area contributed by atoms with Crippen LogP contribution in [0.15, 0.2) is 48.8 Å². The van der Waals surface area contributed by atoms with Crippen LogP contribution in [0.5, 0.6) is 11.5 Å². The molecule has 0 bridgehead atoms. The van der Waals surface area contributed by atoms with Crippen molar-refractivity contribution in [3.63, 3.8) is 0 Å². The summed E-state index contributed by atoms with van der Waals surface area (Å²) in [4.78, 5) is 24.5. The Bertz CT molecular complexity index is 1350. The second kappa shape index (κ2) is 15.9. The number of hydrogen-bond donors (Lipinski definition) is 2. The van der Waals surface area contributed by atoms with Crippen molar-refractivity contribution in [2.24, 2.45) is 5.41 Å². The van der Waals surface area contributed by atoms with Gasteiger partial charge in [0.25, 0.3) is 0 Å². The largest absolute Gasteiger partial charge is 0.497 e. The number of methoxy groups -OCH3 is 1. The molecule has 2 aromatic heterocycles. The Morgan fingerprint density at radius 2 is 1.64 bits per heavy atom. The molecule has 0 atom stereocenters. The molecule has 0 aliphatic carbocycles. The van der Waals surface area contributed by atoms with E-state index in [0.717, 1.165) is 71.3 Å². The molecule has 0 amide bonds. The highest BCUT2D eigenvalue weighted by Gasteiger charge is 2.29. The summed E-state index contributed by atoms with van der Waals surface area (Å²) in [5.41, 5.74) is 4.61. The second-order valence-electron chi connectivity index (χ2n) is 13.5. The Labute approximate surface area is 269 Å². The highest BCUT2D eigenvalue weighted by atomic mass is 16.5. The van der Waals surface area contributed by atoms with E-state index >= 15 is 0 Å². The predicted octanol–water partition coefficient (Wildman–Crippen LogP) is 6.85. The number of aryl methyl sites for hydroxylation is 1. The highest BCUT2D eigenvalue weighted by Crippen LogP contribution is 2.40. The average Bonchev–Trinajstić information content (AvgIpc) is 2.96. The van der Waals surface area contributed by atoms with E-state index in [4.69, 9.17) is 24.3 Å². The molecule has 0 saturated carbocycles. The van der Waals surface area contributed by atoms with Gasteiger partial charge < -0.3 is 29.5 Å². The van der Waals surface area contributed by atoms with Crippen molar-refractivity contribution in [1.82, 2.24) is 9.97 Å². The minimum Gasteiger partial charge on any atom is -0.497 e. The smallest absolute Gasteiger partial charge is 0.310 e. The maximum atomic E-state index is 12.7. The van der Waals surface area contributed by atoms with Gasteiger partial charge in [-0.3, -0.25) is 9.78 Å². The summed E-state index contributed by atoms with van der Waals surface area (Å²) < 4.78 is 16.5. The number of nitrogens with one attached hydrogen (secondary N) is 1. The molecule has 45 heavy (non-hydrogen) atoms. The van der Waals surface area contributed by atoms with Crippen molar-refractivity contribution < 1.29 is 24.1 Å². The van der Waals surface area contributed by atoms with E-state index in [2.05, 4.69) is 35.1 Å². The standard InChI is InChI=1S/C32H42N4O4.C4H10O/c1-22(2)40-30(37)19-27-23(3)34-21-28(31(27)36-16-13-32(4,5)14-17-36)24-7-12-29(35-20-24)33-15-18-39-26-10-8-25(38-6)9-11-26;1-4(2,3)5/h7-12,20-22H,13-19H2,1-6H3,(H,33,35);5H,1-3H3. The van der Waals surface area contributed by atoms with Crippen LogP contribution in [0.3, 0.4) is 0 Å². The van der Waals surface area contributed by atoms with Gasteiger partial charge in [-0.2, -0.15) is 0 Å². The van der Waals surface area contributed by atoms with E-state index in [1.807, 2.05) is 63.5 Å². The molecule has 1 saturated heterocycles. The number of esters is 1. The number of ether oxygens (including phenoxy) is 3. The van der Waals surface area contributed by atoms with Gasteiger partial charge in [0, 0.05) is 47.9 Å². The molecule has 3 heterocycles. The van der Waals surface area contributed by atoms with Gasteiger partial charge in [-0.1, -0.05) is 13.8 Å². The summed E-state index contributed by atoms with van der Waals surface area (Å²) in [5, 5.41) is 11.8. The maximum absolute atomic E-state index is 12.7. The fourth-order valence-electron chi connectivity index (χ4n) is 4.88. The topological polar surface area (TPSA) is 106 Å². The molecule has 4 rings (SSSR count). The first-order valence-corrected chi connectivity index (χ1v) is 15.8.